The van der Waals surface area contributed by atoms with E-state index in [9.17, 15) is 4.79 Å². The Morgan fingerprint density at radius 2 is 1.91 bits per heavy atom. The van der Waals surface area contributed by atoms with Crippen molar-refractivity contribution in [1.82, 2.24) is 10.3 Å². The van der Waals surface area contributed by atoms with Gasteiger partial charge >= 0.3 is 0 Å². The van der Waals surface area contributed by atoms with E-state index in [0.717, 1.165) is 11.3 Å². The smallest absolute Gasteiger partial charge is 0.251 e. The maximum absolute atomic E-state index is 12.0. The van der Waals surface area contributed by atoms with Crippen molar-refractivity contribution in [2.75, 3.05) is 12.3 Å². The molecule has 1 heterocycles. The minimum absolute atomic E-state index is 0.0730. The first-order chi connectivity index (χ1) is 10.7. The van der Waals surface area contributed by atoms with Crippen molar-refractivity contribution in [3.05, 3.63) is 65.3 Å². The summed E-state index contributed by atoms with van der Waals surface area (Å²) in [4.78, 5) is 16.4. The normalized spacial score (nSPS) is 10.8. The molecule has 0 radical (unpaired) electrons. The van der Waals surface area contributed by atoms with Crippen molar-refractivity contribution < 1.29 is 4.79 Å². The zero-order valence-corrected chi connectivity index (χ0v) is 13.4. The molecule has 0 atom stereocenters. The number of thioether (sulfide) groups is 1. The molecule has 0 aliphatic heterocycles. The van der Waals surface area contributed by atoms with Crippen LogP contribution >= 0.6 is 23.4 Å². The predicted molar refractivity (Wildman–Crippen MR) is 92.8 cm³/mol. The lowest BCUT2D eigenvalue weighted by molar-refractivity contribution is 0.0956. The predicted octanol–water partition coefficient (Wildman–Crippen LogP) is 4.34. The van der Waals surface area contributed by atoms with Crippen molar-refractivity contribution in [2.24, 2.45) is 0 Å². The summed E-state index contributed by atoms with van der Waals surface area (Å²) in [6, 6.07) is 15.1. The second-order valence-corrected chi connectivity index (χ2v) is 6.38. The fourth-order valence-corrected chi connectivity index (χ4v) is 3.22. The van der Waals surface area contributed by atoms with E-state index < -0.39 is 0 Å². The number of hydrogen-bond acceptors (Lipinski definition) is 2. The summed E-state index contributed by atoms with van der Waals surface area (Å²) in [5.74, 6) is 0.748. The Hall–Kier alpha value is -1.91. The second-order valence-electron chi connectivity index (χ2n) is 4.81. The number of benzene rings is 2. The lowest BCUT2D eigenvalue weighted by Gasteiger charge is -2.05. The van der Waals surface area contributed by atoms with Crippen molar-refractivity contribution in [3.8, 4) is 0 Å². The summed E-state index contributed by atoms with van der Waals surface area (Å²) in [5.41, 5.74) is 1.76. The highest BCUT2D eigenvalue weighted by Gasteiger charge is 2.06. The largest absolute Gasteiger partial charge is 0.360 e. The molecular formula is C17H15ClN2OS. The zero-order valence-electron chi connectivity index (χ0n) is 11.8. The molecule has 2 aromatic carbocycles. The van der Waals surface area contributed by atoms with Gasteiger partial charge in [0.1, 0.15) is 0 Å². The average Bonchev–Trinajstić information content (AvgIpc) is 2.95. The van der Waals surface area contributed by atoms with E-state index in [-0.39, 0.29) is 5.91 Å². The molecule has 0 bridgehead atoms. The van der Waals surface area contributed by atoms with E-state index in [1.54, 1.807) is 36.0 Å². The lowest BCUT2D eigenvalue weighted by atomic mass is 10.2. The first-order valence-corrected chi connectivity index (χ1v) is 8.33. The van der Waals surface area contributed by atoms with Gasteiger partial charge < -0.3 is 10.3 Å². The molecule has 0 fully saturated rings. The quantitative estimate of drug-likeness (QED) is 0.540. The summed E-state index contributed by atoms with van der Waals surface area (Å²) >= 11 is 7.54. The molecule has 0 aliphatic rings. The Labute approximate surface area is 138 Å². The van der Waals surface area contributed by atoms with E-state index in [1.165, 1.54) is 10.3 Å². The number of amides is 1. The van der Waals surface area contributed by atoms with Gasteiger partial charge in [0.15, 0.2) is 0 Å². The fraction of sp³-hybridized carbons (Fsp3) is 0.118. The molecule has 5 heteroatoms. The van der Waals surface area contributed by atoms with Crippen molar-refractivity contribution in [3.63, 3.8) is 0 Å². The molecule has 0 unspecified atom stereocenters. The standard InChI is InChI=1S/C17H15ClN2OS/c18-13-7-5-12(6-8-13)17(21)19-9-10-22-16-11-20-15-4-2-1-3-14(15)16/h1-8,11,20H,9-10H2,(H,19,21). The summed E-state index contributed by atoms with van der Waals surface area (Å²) in [5, 5.41) is 4.77. The van der Waals surface area contributed by atoms with E-state index in [4.69, 9.17) is 11.6 Å². The summed E-state index contributed by atoms with van der Waals surface area (Å²) in [7, 11) is 0. The molecule has 3 aromatic rings. The molecule has 0 saturated carbocycles. The van der Waals surface area contributed by atoms with Gasteiger partial charge in [-0.3, -0.25) is 4.79 Å². The van der Waals surface area contributed by atoms with E-state index in [2.05, 4.69) is 22.4 Å². The highest BCUT2D eigenvalue weighted by Crippen LogP contribution is 2.27. The molecule has 112 valence electrons. The lowest BCUT2D eigenvalue weighted by Crippen LogP contribution is -2.25. The molecule has 3 nitrogen and oxygen atoms in total. The third kappa shape index (κ3) is 3.46. The van der Waals surface area contributed by atoms with Crippen molar-refractivity contribution in [2.45, 2.75) is 4.90 Å². The molecular weight excluding hydrogens is 316 g/mol. The molecule has 0 spiro atoms. The van der Waals surface area contributed by atoms with Gasteiger partial charge in [0, 0.05) is 44.9 Å². The minimum atomic E-state index is -0.0730. The topological polar surface area (TPSA) is 44.9 Å². The zero-order chi connectivity index (χ0) is 15.4. The number of aromatic nitrogens is 1. The Kier molecular flexibility index (Phi) is 4.71. The summed E-state index contributed by atoms with van der Waals surface area (Å²) in [6.45, 7) is 0.617. The number of hydrogen-bond donors (Lipinski definition) is 2. The number of H-pyrrole nitrogens is 1. The number of carbonyl (C=O) groups is 1. The van der Waals surface area contributed by atoms with Crippen LogP contribution in [0, 0.1) is 0 Å². The third-order valence-corrected chi connectivity index (χ3v) is 4.61. The number of aromatic amines is 1. The molecule has 2 N–H and O–H groups in total. The molecule has 1 amide bonds. The summed E-state index contributed by atoms with van der Waals surface area (Å²) < 4.78 is 0. The van der Waals surface area contributed by atoms with Gasteiger partial charge in [-0.15, -0.1) is 11.8 Å². The van der Waals surface area contributed by atoms with Crippen LogP contribution in [0.2, 0.25) is 5.02 Å². The van der Waals surface area contributed by atoms with Crippen molar-refractivity contribution in [1.29, 1.82) is 0 Å². The van der Waals surface area contributed by atoms with Crippen LogP contribution in [0.1, 0.15) is 10.4 Å². The first kappa shape index (κ1) is 15.0. The average molecular weight is 331 g/mol. The maximum Gasteiger partial charge on any atom is 0.251 e. The molecule has 22 heavy (non-hydrogen) atoms. The first-order valence-electron chi connectivity index (χ1n) is 6.97. The highest BCUT2D eigenvalue weighted by atomic mass is 35.5. The van der Waals surface area contributed by atoms with Crippen LogP contribution in [-0.4, -0.2) is 23.2 Å². The van der Waals surface area contributed by atoms with Gasteiger partial charge in [-0.05, 0) is 30.3 Å². The van der Waals surface area contributed by atoms with Gasteiger partial charge in [0.2, 0.25) is 0 Å². The van der Waals surface area contributed by atoms with Crippen LogP contribution in [0.4, 0.5) is 0 Å². The summed E-state index contributed by atoms with van der Waals surface area (Å²) in [6.07, 6.45) is 2.01. The second kappa shape index (κ2) is 6.90. The van der Waals surface area contributed by atoms with E-state index >= 15 is 0 Å². The Morgan fingerprint density at radius 1 is 1.14 bits per heavy atom. The number of carbonyl (C=O) groups excluding carboxylic acids is 1. The van der Waals surface area contributed by atoms with Crippen LogP contribution in [0.3, 0.4) is 0 Å². The molecule has 3 rings (SSSR count). The molecule has 0 saturated heterocycles. The highest BCUT2D eigenvalue weighted by molar-refractivity contribution is 7.99. The van der Waals surface area contributed by atoms with E-state index in [0.29, 0.717) is 17.1 Å². The van der Waals surface area contributed by atoms with E-state index in [1.807, 2.05) is 18.3 Å². The Bertz CT molecular complexity index is 783. The SMILES string of the molecule is O=C(NCCSc1c[nH]c2ccccc12)c1ccc(Cl)cc1. The van der Waals surface area contributed by atoms with Crippen LogP contribution in [0.5, 0.6) is 0 Å². The fourth-order valence-electron chi connectivity index (χ4n) is 2.19. The number of rotatable bonds is 5. The molecule has 1 aromatic heterocycles. The Balaban J connectivity index is 1.51. The number of nitrogens with one attached hydrogen (secondary N) is 2. The van der Waals surface area contributed by atoms with Gasteiger partial charge in [0.05, 0.1) is 0 Å². The van der Waals surface area contributed by atoms with Crippen LogP contribution in [-0.2, 0) is 0 Å². The minimum Gasteiger partial charge on any atom is -0.360 e. The van der Waals surface area contributed by atoms with Crippen LogP contribution in [0.15, 0.2) is 59.6 Å². The van der Waals surface area contributed by atoms with Gasteiger partial charge in [-0.1, -0.05) is 29.8 Å². The van der Waals surface area contributed by atoms with Gasteiger partial charge in [-0.2, -0.15) is 0 Å². The number of para-hydroxylation sites is 1. The Morgan fingerprint density at radius 3 is 2.73 bits per heavy atom. The number of halogens is 1. The van der Waals surface area contributed by atoms with Crippen LogP contribution < -0.4 is 5.32 Å². The van der Waals surface area contributed by atoms with Crippen molar-refractivity contribution >= 4 is 40.2 Å². The van der Waals surface area contributed by atoms with Gasteiger partial charge in [0.25, 0.3) is 5.91 Å². The van der Waals surface area contributed by atoms with Crippen LogP contribution in [0.25, 0.3) is 10.9 Å². The maximum atomic E-state index is 12.0. The van der Waals surface area contributed by atoms with Gasteiger partial charge in [-0.25, -0.2) is 0 Å². The third-order valence-electron chi connectivity index (χ3n) is 3.30. The monoisotopic (exact) mass is 330 g/mol. The number of fused-ring (bicyclic) bond motifs is 1. The molecule has 0 aliphatic carbocycles.